The number of amides is 1. The number of carbonyl (C=O) groups is 1. The van der Waals surface area contributed by atoms with Gasteiger partial charge in [0, 0.05) is 55.7 Å². The second kappa shape index (κ2) is 12.3. The van der Waals surface area contributed by atoms with Gasteiger partial charge in [0.15, 0.2) is 5.57 Å². The first kappa shape index (κ1) is 29.0. The topological polar surface area (TPSA) is 104 Å². The number of hydrogen-bond acceptors (Lipinski definition) is 7. The van der Waals surface area contributed by atoms with Crippen LogP contribution in [0.25, 0.3) is 22.7 Å². The van der Waals surface area contributed by atoms with Crippen molar-refractivity contribution in [2.45, 2.75) is 32.7 Å². The molecular weight excluding hydrogens is 521 g/mol. The van der Waals surface area contributed by atoms with Crippen molar-refractivity contribution in [2.24, 2.45) is 0 Å². The molecule has 2 N–H and O–H groups in total. The third kappa shape index (κ3) is 6.83. The van der Waals surface area contributed by atoms with Crippen LogP contribution in [-0.2, 0) is 29.2 Å². The Morgan fingerprint density at radius 2 is 2.05 bits per heavy atom. The van der Waals surface area contributed by atoms with E-state index in [2.05, 4.69) is 21.0 Å². The Kier molecular flexibility index (Phi) is 9.37. The maximum absolute atomic E-state index is 12.9. The molecule has 3 aromatic rings. The molecule has 0 aliphatic carbocycles. The molecule has 13 heteroatoms. The Labute approximate surface area is 221 Å². The fraction of sp³-hybridized carbons (Fsp3) is 0.400. The van der Waals surface area contributed by atoms with Gasteiger partial charge in [0.2, 0.25) is 0 Å². The number of fused-ring (bicyclic) bond motifs is 1. The predicted molar refractivity (Wildman–Crippen MR) is 141 cm³/mol. The first-order chi connectivity index (χ1) is 18.0. The molecule has 1 amide bonds. The molecule has 0 fully saturated rings. The number of thiazole rings is 1. The lowest BCUT2D eigenvalue weighted by atomic mass is 10.1. The van der Waals surface area contributed by atoms with Gasteiger partial charge < -0.3 is 24.8 Å². The lowest BCUT2D eigenvalue weighted by Crippen LogP contribution is -2.37. The largest absolute Gasteiger partial charge is 0.405 e. The van der Waals surface area contributed by atoms with Crippen LogP contribution < -0.4 is 25.4 Å². The summed E-state index contributed by atoms with van der Waals surface area (Å²) in [5.41, 5.74) is 1.86. The van der Waals surface area contributed by atoms with E-state index >= 15 is 0 Å². The number of alkyl halides is 3. The van der Waals surface area contributed by atoms with E-state index in [0.717, 1.165) is 34.3 Å². The molecule has 0 saturated carbocycles. The zero-order chi connectivity index (χ0) is 28.0. The Balaban J connectivity index is 2.01. The minimum absolute atomic E-state index is 0.00772. The molecular formula is C25H29F3N6O3S. The highest BCUT2D eigenvalue weighted by atomic mass is 32.1. The number of benzene rings is 1. The molecule has 204 valence electrons. The number of nitrogens with one attached hydrogen (secondary N) is 2. The molecule has 2 heterocycles. The Morgan fingerprint density at radius 1 is 1.32 bits per heavy atom. The molecule has 0 unspecified atom stereocenters. The van der Waals surface area contributed by atoms with Crippen LogP contribution in [0.15, 0.2) is 29.2 Å². The number of methoxy groups -OCH3 is 1. The fourth-order valence-corrected chi connectivity index (χ4v) is 4.99. The van der Waals surface area contributed by atoms with Crippen molar-refractivity contribution in [3.05, 3.63) is 49.5 Å². The van der Waals surface area contributed by atoms with Gasteiger partial charge in [-0.2, -0.15) is 18.4 Å². The maximum atomic E-state index is 12.9. The quantitative estimate of drug-likeness (QED) is 0.399. The van der Waals surface area contributed by atoms with E-state index in [0.29, 0.717) is 18.8 Å². The third-order valence-corrected chi connectivity index (χ3v) is 6.71. The average Bonchev–Trinajstić information content (AvgIpc) is 3.35. The van der Waals surface area contributed by atoms with Crippen LogP contribution in [0.1, 0.15) is 12.5 Å². The number of carbonyl (C=O) groups excluding carboxylic acids is 1. The van der Waals surface area contributed by atoms with Crippen molar-refractivity contribution < 1.29 is 22.7 Å². The van der Waals surface area contributed by atoms with Crippen LogP contribution in [0.4, 0.5) is 18.9 Å². The van der Waals surface area contributed by atoms with Gasteiger partial charge in [-0.3, -0.25) is 14.2 Å². The van der Waals surface area contributed by atoms with Crippen LogP contribution in [-0.4, -0.2) is 60.5 Å². The minimum atomic E-state index is -4.63. The monoisotopic (exact) mass is 550 g/mol. The summed E-state index contributed by atoms with van der Waals surface area (Å²) in [4.78, 5) is 27.3. The summed E-state index contributed by atoms with van der Waals surface area (Å²) in [5, 5.41) is 15.3. The number of nitrogens with zero attached hydrogens (tertiary/aromatic N) is 4. The minimum Gasteiger partial charge on any atom is -0.383 e. The molecule has 0 atom stereocenters. The molecule has 0 aliphatic heterocycles. The molecule has 9 nitrogen and oxygen atoms in total. The lowest BCUT2D eigenvalue weighted by molar-refractivity contribution is -0.135. The SMILES string of the molecule is CCn1c(=O)/c(=C/Nc2ccc3c(c2)c(CN(C)C)cn3CCOC)s/c1=C(\C#N)C(=O)NCC(F)(F)F. The molecule has 3 rings (SSSR count). The molecule has 0 radical (unpaired) electrons. The van der Waals surface area contributed by atoms with Crippen molar-refractivity contribution in [3.8, 4) is 6.07 Å². The molecule has 0 bridgehead atoms. The van der Waals surface area contributed by atoms with Gasteiger partial charge >= 0.3 is 6.18 Å². The lowest BCUT2D eigenvalue weighted by Gasteiger charge is -2.08. The first-order valence-electron chi connectivity index (χ1n) is 11.7. The molecule has 2 aromatic heterocycles. The summed E-state index contributed by atoms with van der Waals surface area (Å²) in [7, 11) is 5.62. The second-order valence-corrected chi connectivity index (χ2v) is 9.74. The van der Waals surface area contributed by atoms with Gasteiger partial charge in [-0.05, 0) is 44.8 Å². The van der Waals surface area contributed by atoms with Crippen LogP contribution >= 0.6 is 11.3 Å². The predicted octanol–water partition coefficient (Wildman–Crippen LogP) is 1.80. The van der Waals surface area contributed by atoms with Gasteiger partial charge in [0.1, 0.15) is 21.8 Å². The zero-order valence-corrected chi connectivity index (χ0v) is 22.3. The van der Waals surface area contributed by atoms with E-state index in [9.17, 15) is 28.0 Å². The van der Waals surface area contributed by atoms with Crippen molar-refractivity contribution in [1.82, 2.24) is 19.4 Å². The number of anilines is 1. The highest BCUT2D eigenvalue weighted by molar-refractivity contribution is 7.07. The van der Waals surface area contributed by atoms with E-state index in [1.54, 1.807) is 25.4 Å². The number of aromatic nitrogens is 2. The van der Waals surface area contributed by atoms with Gasteiger partial charge in [-0.25, -0.2) is 0 Å². The van der Waals surface area contributed by atoms with Crippen LogP contribution in [0.2, 0.25) is 0 Å². The molecule has 0 saturated heterocycles. The molecule has 0 spiro atoms. The Bertz CT molecular complexity index is 1530. The number of nitriles is 1. The van der Waals surface area contributed by atoms with Gasteiger partial charge in [0.25, 0.3) is 11.5 Å². The zero-order valence-electron chi connectivity index (χ0n) is 21.5. The standard InChI is InChI=1S/C25H29F3N6O3S/c1-5-34-23(36)21(38-24(34)19(11-29)22(35)31-15-25(26,27)28)12-30-17-6-7-20-18(10-17)16(13-32(2)3)14-33(20)8-9-37-4/h6-7,10,12,14,30H,5,8-9,13,15H2,1-4H3,(H,31,35)/b21-12-,24-19+. The third-order valence-electron chi connectivity index (χ3n) is 5.58. The van der Waals surface area contributed by atoms with Crippen molar-refractivity contribution in [3.63, 3.8) is 0 Å². The van der Waals surface area contributed by atoms with E-state index in [1.807, 2.05) is 32.3 Å². The summed E-state index contributed by atoms with van der Waals surface area (Å²) < 4.78 is 46.3. The average molecular weight is 551 g/mol. The number of ether oxygens (including phenoxy) is 1. The number of hydrogen-bond donors (Lipinski definition) is 2. The second-order valence-electron chi connectivity index (χ2n) is 8.70. The maximum Gasteiger partial charge on any atom is 0.405 e. The molecule has 0 aliphatic rings. The van der Waals surface area contributed by atoms with Crippen molar-refractivity contribution in [2.75, 3.05) is 39.7 Å². The Hall–Kier alpha value is -3.60. The van der Waals surface area contributed by atoms with Crippen LogP contribution in [0.5, 0.6) is 0 Å². The Morgan fingerprint density at radius 3 is 2.66 bits per heavy atom. The van der Waals surface area contributed by atoms with E-state index < -0.39 is 29.8 Å². The fourth-order valence-electron chi connectivity index (χ4n) is 3.91. The summed E-state index contributed by atoms with van der Waals surface area (Å²) >= 11 is 0.859. The summed E-state index contributed by atoms with van der Waals surface area (Å²) in [5.74, 6) is -1.19. The van der Waals surface area contributed by atoms with Gasteiger partial charge in [-0.1, -0.05) is 0 Å². The summed E-state index contributed by atoms with van der Waals surface area (Å²) in [6.45, 7) is 2.19. The number of rotatable bonds is 10. The highest BCUT2D eigenvalue weighted by Gasteiger charge is 2.29. The molecule has 38 heavy (non-hydrogen) atoms. The van der Waals surface area contributed by atoms with Gasteiger partial charge in [-0.15, -0.1) is 11.3 Å². The van der Waals surface area contributed by atoms with E-state index in [4.69, 9.17) is 4.74 Å². The van der Waals surface area contributed by atoms with Crippen molar-refractivity contribution in [1.29, 1.82) is 5.26 Å². The number of halogens is 3. The first-order valence-corrected chi connectivity index (χ1v) is 12.5. The van der Waals surface area contributed by atoms with Crippen LogP contribution in [0.3, 0.4) is 0 Å². The van der Waals surface area contributed by atoms with E-state index in [-0.39, 0.29) is 15.7 Å². The van der Waals surface area contributed by atoms with E-state index in [1.165, 1.54) is 10.8 Å². The normalized spacial score (nSPS) is 13.2. The van der Waals surface area contributed by atoms with Crippen LogP contribution in [0, 0.1) is 11.3 Å². The smallest absolute Gasteiger partial charge is 0.383 e. The van der Waals surface area contributed by atoms with Gasteiger partial charge in [0.05, 0.1) is 6.61 Å². The molecule has 1 aromatic carbocycles. The highest BCUT2D eigenvalue weighted by Crippen LogP contribution is 2.26. The summed E-state index contributed by atoms with van der Waals surface area (Å²) in [6.07, 6.45) is -1.07. The van der Waals surface area contributed by atoms with Crippen molar-refractivity contribution >= 4 is 45.6 Å². The summed E-state index contributed by atoms with van der Waals surface area (Å²) in [6, 6.07) is 7.45.